The first-order valence-electron chi connectivity index (χ1n) is 15.7. The van der Waals surface area contributed by atoms with Gasteiger partial charge in [0.25, 0.3) is 0 Å². The predicted molar refractivity (Wildman–Crippen MR) is 166 cm³/mol. The Hall–Kier alpha value is -4.08. The summed E-state index contributed by atoms with van der Waals surface area (Å²) in [6, 6.07) is 0. The van der Waals surface area contributed by atoms with E-state index in [-0.39, 0.29) is 13.2 Å². The van der Waals surface area contributed by atoms with Crippen LogP contribution in [-0.2, 0) is 38.0 Å². The van der Waals surface area contributed by atoms with Crippen molar-refractivity contribution < 1.29 is 47.6 Å². The van der Waals surface area contributed by atoms with E-state index in [0.29, 0.717) is 36.2 Å². The maximum absolute atomic E-state index is 11.9. The fourth-order valence-electron chi connectivity index (χ4n) is 5.08. The van der Waals surface area contributed by atoms with Gasteiger partial charge in [-0.1, -0.05) is 36.5 Å². The van der Waals surface area contributed by atoms with E-state index in [0.717, 1.165) is 32.1 Å². The highest BCUT2D eigenvalue weighted by atomic mass is 16.8. The molecule has 0 bridgehead atoms. The van der Waals surface area contributed by atoms with Gasteiger partial charge < -0.3 is 28.4 Å². The lowest BCUT2D eigenvalue weighted by molar-refractivity contribution is -0.138. The second-order valence-corrected chi connectivity index (χ2v) is 12.1. The molecule has 3 rings (SSSR count). The van der Waals surface area contributed by atoms with Gasteiger partial charge in [-0.15, -0.1) is 0 Å². The first-order chi connectivity index (χ1) is 21.4. The number of hydrogen-bond acceptors (Lipinski definition) is 10. The average Bonchev–Trinajstić information content (AvgIpc) is 3.61. The van der Waals surface area contributed by atoms with Crippen LogP contribution in [0.5, 0.6) is 0 Å². The van der Waals surface area contributed by atoms with Crippen LogP contribution < -0.4 is 0 Å². The first kappa shape index (κ1) is 35.4. The van der Waals surface area contributed by atoms with Crippen LogP contribution in [0, 0.1) is 11.8 Å². The number of cyclic esters (lactones) is 4. The van der Waals surface area contributed by atoms with Crippen LogP contribution in [0.1, 0.15) is 85.5 Å². The van der Waals surface area contributed by atoms with Crippen molar-refractivity contribution in [1.82, 2.24) is 0 Å². The fourth-order valence-corrected chi connectivity index (χ4v) is 5.08. The number of carbonyl (C=O) groups excluding carboxylic acids is 4. The van der Waals surface area contributed by atoms with Gasteiger partial charge in [-0.3, -0.25) is 0 Å². The van der Waals surface area contributed by atoms with Crippen molar-refractivity contribution in [3.63, 3.8) is 0 Å². The molecule has 0 aromatic heterocycles. The number of allylic oxidation sites excluding steroid dienone is 6. The van der Waals surface area contributed by atoms with Gasteiger partial charge in [-0.25, -0.2) is 19.2 Å². The van der Waals surface area contributed by atoms with Gasteiger partial charge >= 0.3 is 24.2 Å². The average molecular weight is 627 g/mol. The highest BCUT2D eigenvalue weighted by molar-refractivity contribution is 5.82. The number of esters is 2. The Kier molecular flexibility index (Phi) is 13.7. The molecule has 0 aromatic carbocycles. The Morgan fingerprint density at radius 2 is 1.07 bits per heavy atom. The molecule has 0 amide bonds. The number of unbranched alkanes of at least 4 members (excludes halogenated alkanes) is 2. The van der Waals surface area contributed by atoms with Crippen LogP contribution in [0.4, 0.5) is 9.59 Å². The van der Waals surface area contributed by atoms with E-state index in [1.807, 2.05) is 12.2 Å². The van der Waals surface area contributed by atoms with Crippen molar-refractivity contribution >= 4 is 24.2 Å². The Morgan fingerprint density at radius 1 is 0.667 bits per heavy atom. The first-order valence-corrected chi connectivity index (χ1v) is 15.7. The zero-order valence-corrected chi connectivity index (χ0v) is 26.8. The van der Waals surface area contributed by atoms with E-state index in [2.05, 4.69) is 24.3 Å². The number of ether oxygens (including phenoxy) is 6. The molecular weight excluding hydrogens is 580 g/mol. The van der Waals surface area contributed by atoms with Crippen molar-refractivity contribution in [1.29, 1.82) is 0 Å². The highest BCUT2D eigenvalue weighted by Crippen LogP contribution is 2.33. The van der Waals surface area contributed by atoms with Crippen LogP contribution in [0.2, 0.25) is 0 Å². The summed E-state index contributed by atoms with van der Waals surface area (Å²) in [6.07, 6.45) is 25.0. The van der Waals surface area contributed by atoms with Crippen LogP contribution >= 0.6 is 0 Å². The SMILES string of the molecule is CC1(C)OC(=O)O/C1=C\CCOC(=O)/C=C/CC/C=C/C1CCC(/C=C/CC/C=C/C(=O)OCC/C=C2\OC(=O)OC2(C)C)C1. The smallest absolute Gasteiger partial charge is 0.462 e. The molecule has 10 nitrogen and oxygen atoms in total. The van der Waals surface area contributed by atoms with Gasteiger partial charge in [-0.2, -0.15) is 0 Å². The number of rotatable bonds is 16. The summed E-state index contributed by atoms with van der Waals surface area (Å²) in [5.41, 5.74) is -1.59. The maximum Gasteiger partial charge on any atom is 0.514 e. The van der Waals surface area contributed by atoms with Crippen LogP contribution in [0.25, 0.3) is 0 Å². The largest absolute Gasteiger partial charge is 0.514 e. The number of hydrogen-bond donors (Lipinski definition) is 0. The quantitative estimate of drug-likeness (QED) is 0.0553. The van der Waals surface area contributed by atoms with E-state index < -0.39 is 35.5 Å². The van der Waals surface area contributed by atoms with E-state index in [9.17, 15) is 19.2 Å². The Balaban J connectivity index is 1.18. The minimum absolute atomic E-state index is 0.195. The molecule has 0 spiro atoms. The molecule has 0 N–H and O–H groups in total. The molecule has 246 valence electrons. The van der Waals surface area contributed by atoms with Crippen molar-refractivity contribution in [2.45, 2.75) is 96.7 Å². The Labute approximate surface area is 265 Å². The number of carbonyl (C=O) groups is 4. The van der Waals surface area contributed by atoms with Crippen molar-refractivity contribution in [2.24, 2.45) is 11.8 Å². The molecule has 1 aliphatic carbocycles. The molecule has 0 aromatic rings. The zero-order valence-electron chi connectivity index (χ0n) is 26.8. The molecule has 2 saturated heterocycles. The van der Waals surface area contributed by atoms with Gasteiger partial charge in [0.1, 0.15) is 0 Å². The summed E-state index contributed by atoms with van der Waals surface area (Å²) < 4.78 is 30.5. The summed E-state index contributed by atoms with van der Waals surface area (Å²) >= 11 is 0. The van der Waals surface area contributed by atoms with E-state index in [4.69, 9.17) is 28.4 Å². The minimum atomic E-state index is -0.796. The van der Waals surface area contributed by atoms with Gasteiger partial charge in [0.15, 0.2) is 22.7 Å². The van der Waals surface area contributed by atoms with Crippen molar-refractivity contribution in [3.8, 4) is 0 Å². The van der Waals surface area contributed by atoms with Crippen molar-refractivity contribution in [2.75, 3.05) is 13.2 Å². The molecule has 3 fully saturated rings. The third-order valence-corrected chi connectivity index (χ3v) is 7.47. The summed E-state index contributed by atoms with van der Waals surface area (Å²) in [5, 5.41) is 0. The summed E-state index contributed by atoms with van der Waals surface area (Å²) in [5.74, 6) is 1.22. The molecule has 2 unspecified atom stereocenters. The zero-order chi connectivity index (χ0) is 32.7. The molecule has 10 heteroatoms. The molecule has 2 aliphatic heterocycles. The van der Waals surface area contributed by atoms with Crippen molar-refractivity contribution in [3.05, 3.63) is 72.3 Å². The molecule has 0 radical (unpaired) electrons. The lowest BCUT2D eigenvalue weighted by Crippen LogP contribution is -2.20. The molecule has 2 heterocycles. The van der Waals surface area contributed by atoms with Gasteiger partial charge in [0, 0.05) is 25.0 Å². The molecule has 3 aliphatic rings. The third-order valence-electron chi connectivity index (χ3n) is 7.47. The van der Waals surface area contributed by atoms with Crippen LogP contribution in [-0.4, -0.2) is 48.7 Å². The van der Waals surface area contributed by atoms with E-state index in [1.54, 1.807) is 39.8 Å². The molecule has 2 atom stereocenters. The van der Waals surface area contributed by atoms with Gasteiger partial charge in [0.05, 0.1) is 13.2 Å². The highest BCUT2D eigenvalue weighted by Gasteiger charge is 2.39. The minimum Gasteiger partial charge on any atom is -0.462 e. The van der Waals surface area contributed by atoms with Crippen LogP contribution in [0.15, 0.2) is 72.3 Å². The monoisotopic (exact) mass is 626 g/mol. The molecule has 45 heavy (non-hydrogen) atoms. The second kappa shape index (κ2) is 17.4. The molecule has 1 saturated carbocycles. The Bertz CT molecular complexity index is 1140. The Morgan fingerprint density at radius 3 is 1.44 bits per heavy atom. The lowest BCUT2D eigenvalue weighted by Gasteiger charge is -2.13. The van der Waals surface area contributed by atoms with Crippen LogP contribution in [0.3, 0.4) is 0 Å². The maximum atomic E-state index is 11.9. The normalized spacial score (nSPS) is 24.2. The second-order valence-electron chi connectivity index (χ2n) is 12.1. The summed E-state index contributed by atoms with van der Waals surface area (Å²) in [6.45, 7) is 7.34. The molecular formula is C35H46O10. The summed E-state index contributed by atoms with van der Waals surface area (Å²) in [4.78, 5) is 46.2. The lowest BCUT2D eigenvalue weighted by atomic mass is 10.0. The standard InChI is InChI=1S/C35H46O10/c1-34(2)28(42-32(38)44-34)17-13-23-40-30(36)19-11-7-5-9-15-26-21-22-27(25-26)16-10-6-8-12-20-31(37)41-24-14-18-29-35(3,4)45-33(39)43-29/h9-12,15-20,26-27H,5-8,13-14,21-25H2,1-4H3/b15-9+,16-10+,19-11+,20-12+,28-17-,29-18-. The van der Waals surface area contributed by atoms with Gasteiger partial charge in [-0.05, 0) is 96.6 Å². The predicted octanol–water partition coefficient (Wildman–Crippen LogP) is 7.71. The fraction of sp³-hybridized carbons (Fsp3) is 0.543. The van der Waals surface area contributed by atoms with E-state index >= 15 is 0 Å². The van der Waals surface area contributed by atoms with Gasteiger partial charge in [0.2, 0.25) is 0 Å². The summed E-state index contributed by atoms with van der Waals surface area (Å²) in [7, 11) is 0. The van der Waals surface area contributed by atoms with E-state index in [1.165, 1.54) is 25.0 Å². The third kappa shape index (κ3) is 12.8. The topological polar surface area (TPSA) is 124 Å².